The molecule has 0 saturated carbocycles. The van der Waals surface area contributed by atoms with Gasteiger partial charge in [0.05, 0.1) is 12.4 Å². The molecule has 2 atom stereocenters. The number of hydrogen-bond acceptors (Lipinski definition) is 7. The summed E-state index contributed by atoms with van der Waals surface area (Å²) in [6.07, 6.45) is 0.852. The summed E-state index contributed by atoms with van der Waals surface area (Å²) in [5.41, 5.74) is 7.90. The van der Waals surface area contributed by atoms with Gasteiger partial charge in [0.25, 0.3) is 5.96 Å². The summed E-state index contributed by atoms with van der Waals surface area (Å²) >= 11 is 2.12. The van der Waals surface area contributed by atoms with Crippen molar-refractivity contribution in [1.29, 1.82) is 0 Å². The summed E-state index contributed by atoms with van der Waals surface area (Å²) in [7, 11) is -1.75. The van der Waals surface area contributed by atoms with Gasteiger partial charge in [0, 0.05) is 10.1 Å². The monoisotopic (exact) mass is 576 g/mol. The Morgan fingerprint density at radius 3 is 2.52 bits per heavy atom. The zero-order chi connectivity index (χ0) is 25.0. The summed E-state index contributed by atoms with van der Waals surface area (Å²) in [6, 6.07) is 6.39. The number of aliphatic imine (C=N–C) groups is 1. The molecular formula is C19H30BIN6O6. The van der Waals surface area contributed by atoms with Gasteiger partial charge in [0.2, 0.25) is 11.8 Å². The average Bonchev–Trinajstić information content (AvgIpc) is 2.70. The predicted molar refractivity (Wildman–Crippen MR) is 132 cm³/mol. The van der Waals surface area contributed by atoms with Crippen molar-refractivity contribution < 1.29 is 24.7 Å². The summed E-state index contributed by atoms with van der Waals surface area (Å²) in [5, 5.41) is 34.0. The van der Waals surface area contributed by atoms with Crippen LogP contribution >= 0.6 is 22.6 Å². The topological polar surface area (TPSA) is 192 Å². The van der Waals surface area contributed by atoms with E-state index in [-0.39, 0.29) is 43.6 Å². The van der Waals surface area contributed by atoms with Crippen molar-refractivity contribution in [2.75, 3.05) is 6.54 Å². The molecule has 0 bridgehead atoms. The SMILES string of the molecule is CC(C)C[C@H](NC(=O)[C@H](CCCN=C(N)N[N+](=O)[O-])NC(=O)Cc1ccccc1I)B(O)O. The highest BCUT2D eigenvalue weighted by Gasteiger charge is 2.29. The van der Waals surface area contributed by atoms with Crippen molar-refractivity contribution >= 4 is 47.5 Å². The first-order chi connectivity index (χ1) is 15.5. The highest BCUT2D eigenvalue weighted by atomic mass is 127. The Morgan fingerprint density at radius 1 is 1.27 bits per heavy atom. The Kier molecular flexibility index (Phi) is 12.7. The molecule has 2 amide bonds. The lowest BCUT2D eigenvalue weighted by atomic mass is 9.75. The van der Waals surface area contributed by atoms with Crippen molar-refractivity contribution in [3.63, 3.8) is 0 Å². The van der Waals surface area contributed by atoms with Crippen molar-refractivity contribution in [1.82, 2.24) is 16.1 Å². The molecule has 0 aliphatic heterocycles. The molecule has 1 aromatic carbocycles. The van der Waals surface area contributed by atoms with Crippen LogP contribution in [0, 0.1) is 19.6 Å². The van der Waals surface area contributed by atoms with Gasteiger partial charge >= 0.3 is 7.12 Å². The van der Waals surface area contributed by atoms with Crippen molar-refractivity contribution in [2.45, 2.75) is 51.5 Å². The van der Waals surface area contributed by atoms with Gasteiger partial charge in [0.15, 0.2) is 5.03 Å². The minimum atomic E-state index is -1.75. The van der Waals surface area contributed by atoms with E-state index in [2.05, 4.69) is 38.2 Å². The number of rotatable bonds is 13. The lowest BCUT2D eigenvalue weighted by Crippen LogP contribution is -2.54. The molecular weight excluding hydrogens is 546 g/mol. The minimum Gasteiger partial charge on any atom is -0.426 e. The molecule has 0 unspecified atom stereocenters. The molecule has 0 spiro atoms. The number of guanidine groups is 1. The molecule has 7 N–H and O–H groups in total. The van der Waals surface area contributed by atoms with Crippen LogP contribution in [0.1, 0.15) is 38.7 Å². The molecule has 0 heterocycles. The fraction of sp³-hybridized carbons (Fsp3) is 0.526. The van der Waals surface area contributed by atoms with E-state index >= 15 is 0 Å². The lowest BCUT2D eigenvalue weighted by molar-refractivity contribution is -0.525. The second kappa shape index (κ2) is 14.6. The number of hydrogen-bond donors (Lipinski definition) is 6. The second-order valence-electron chi connectivity index (χ2n) is 7.82. The molecule has 0 radical (unpaired) electrons. The summed E-state index contributed by atoms with van der Waals surface area (Å²) < 4.78 is 0.912. The first-order valence-electron chi connectivity index (χ1n) is 10.4. The minimum absolute atomic E-state index is 0.0683. The van der Waals surface area contributed by atoms with Crippen molar-refractivity contribution in [2.24, 2.45) is 16.6 Å². The zero-order valence-corrected chi connectivity index (χ0v) is 20.7. The number of nitrogens with two attached hydrogens (primary N) is 1. The fourth-order valence-corrected chi connectivity index (χ4v) is 3.58. The van der Waals surface area contributed by atoms with Crippen LogP contribution < -0.4 is 21.8 Å². The van der Waals surface area contributed by atoms with Gasteiger partial charge in [-0.15, -0.1) is 0 Å². The van der Waals surface area contributed by atoms with E-state index in [1.54, 1.807) is 5.43 Å². The van der Waals surface area contributed by atoms with Gasteiger partial charge in [-0.3, -0.25) is 9.59 Å². The van der Waals surface area contributed by atoms with Crippen LogP contribution in [0.2, 0.25) is 0 Å². The normalized spacial score (nSPS) is 13.2. The number of carbonyl (C=O) groups excluding carboxylic acids is 2. The number of benzene rings is 1. The van der Waals surface area contributed by atoms with Gasteiger partial charge in [-0.2, -0.15) is 0 Å². The molecule has 0 aliphatic carbocycles. The largest absolute Gasteiger partial charge is 0.475 e. The number of carbonyl (C=O) groups is 2. The van der Waals surface area contributed by atoms with Gasteiger partial charge in [0.1, 0.15) is 6.04 Å². The van der Waals surface area contributed by atoms with E-state index in [0.717, 1.165) is 9.13 Å². The Labute approximate surface area is 206 Å². The van der Waals surface area contributed by atoms with E-state index in [1.807, 2.05) is 38.1 Å². The maximum Gasteiger partial charge on any atom is 0.475 e. The van der Waals surface area contributed by atoms with Crippen molar-refractivity contribution in [3.8, 4) is 0 Å². The Morgan fingerprint density at radius 2 is 1.94 bits per heavy atom. The van der Waals surface area contributed by atoms with Gasteiger partial charge in [-0.05, 0) is 59.4 Å². The van der Waals surface area contributed by atoms with Crippen LogP contribution in [-0.2, 0) is 16.0 Å². The number of nitrogens with one attached hydrogen (secondary N) is 3. The molecule has 1 rings (SSSR count). The van der Waals surface area contributed by atoms with E-state index in [9.17, 15) is 29.8 Å². The Balaban J connectivity index is 2.85. The molecule has 12 nitrogen and oxygen atoms in total. The van der Waals surface area contributed by atoms with Crippen LogP contribution in [0.15, 0.2) is 29.3 Å². The Hall–Kier alpha value is -2.46. The summed E-state index contributed by atoms with van der Waals surface area (Å²) in [4.78, 5) is 39.6. The molecule has 14 heteroatoms. The van der Waals surface area contributed by atoms with Crippen LogP contribution in [0.3, 0.4) is 0 Å². The zero-order valence-electron chi connectivity index (χ0n) is 18.5. The molecule has 0 saturated heterocycles. The smallest absolute Gasteiger partial charge is 0.426 e. The standard InChI is InChI=1S/C19H30BIN6O6/c1-12(2)10-16(20(30)31)25-18(29)15(8-5-9-23-19(22)26-27(32)33)24-17(28)11-13-6-3-4-7-14(13)21/h3-4,6-7,12,15-16,30-31H,5,8-11H2,1-2H3,(H,24,28)(H,25,29)(H3,22,23,26)/t15-,16-/m0/s1. The highest BCUT2D eigenvalue weighted by Crippen LogP contribution is 2.12. The maximum atomic E-state index is 12.9. The third kappa shape index (κ3) is 11.8. The third-order valence-corrected chi connectivity index (χ3v) is 5.56. The number of nitro groups is 1. The number of nitrogens with zero attached hydrogens (tertiary/aromatic N) is 2. The van der Waals surface area contributed by atoms with Crippen molar-refractivity contribution in [3.05, 3.63) is 43.5 Å². The molecule has 0 aliphatic rings. The molecule has 182 valence electrons. The van der Waals surface area contributed by atoms with Crippen LogP contribution in [0.25, 0.3) is 0 Å². The van der Waals surface area contributed by atoms with E-state index < -0.39 is 30.0 Å². The summed E-state index contributed by atoms with van der Waals surface area (Å²) in [5.74, 6) is -2.11. The van der Waals surface area contributed by atoms with Crippen LogP contribution in [0.5, 0.6) is 0 Å². The Bertz CT molecular complexity index is 841. The third-order valence-electron chi connectivity index (χ3n) is 4.51. The van der Waals surface area contributed by atoms with E-state index in [0.29, 0.717) is 6.42 Å². The van der Waals surface area contributed by atoms with E-state index in [1.165, 1.54) is 0 Å². The number of halogens is 1. The second-order valence-corrected chi connectivity index (χ2v) is 8.99. The fourth-order valence-electron chi connectivity index (χ4n) is 3.00. The lowest BCUT2D eigenvalue weighted by Gasteiger charge is -2.24. The van der Waals surface area contributed by atoms with Gasteiger partial charge in [-0.25, -0.2) is 15.1 Å². The number of amides is 2. The molecule has 0 fully saturated rings. The van der Waals surface area contributed by atoms with Gasteiger partial charge < -0.3 is 26.4 Å². The maximum absolute atomic E-state index is 12.9. The predicted octanol–water partition coefficient (Wildman–Crippen LogP) is -0.262. The van der Waals surface area contributed by atoms with Crippen LogP contribution in [0.4, 0.5) is 0 Å². The highest BCUT2D eigenvalue weighted by molar-refractivity contribution is 14.1. The first-order valence-corrected chi connectivity index (χ1v) is 11.5. The first kappa shape index (κ1) is 28.6. The summed E-state index contributed by atoms with van der Waals surface area (Å²) in [6.45, 7) is 3.84. The quantitative estimate of drug-likeness (QED) is 0.0352. The molecule has 1 aromatic rings. The average molecular weight is 576 g/mol. The van der Waals surface area contributed by atoms with E-state index in [4.69, 9.17) is 5.73 Å². The van der Waals surface area contributed by atoms with Crippen LogP contribution in [-0.4, -0.2) is 58.5 Å². The number of hydrazine groups is 1. The van der Waals surface area contributed by atoms with Gasteiger partial charge in [-0.1, -0.05) is 37.5 Å². The molecule has 0 aromatic heterocycles. The molecule has 33 heavy (non-hydrogen) atoms.